The van der Waals surface area contributed by atoms with Gasteiger partial charge in [-0.3, -0.25) is 14.4 Å². The van der Waals surface area contributed by atoms with Gasteiger partial charge in [0.25, 0.3) is 11.6 Å². The van der Waals surface area contributed by atoms with Crippen LogP contribution in [-0.2, 0) is 24.0 Å². The predicted octanol–water partition coefficient (Wildman–Crippen LogP) is -4.51. The molecule has 2 aliphatic heterocycles. The molecule has 0 radical (unpaired) electrons. The number of hydrogen-bond donors (Lipinski definition) is 1. The zero-order valence-electron chi connectivity index (χ0n) is 12.0. The van der Waals surface area contributed by atoms with Crippen LogP contribution in [0.3, 0.4) is 0 Å². The minimum atomic E-state index is -2.68. The van der Waals surface area contributed by atoms with Crippen molar-refractivity contribution in [3.05, 3.63) is 0 Å². The second-order valence-corrected chi connectivity index (χ2v) is 5.18. The fourth-order valence-corrected chi connectivity index (χ4v) is 2.40. The van der Waals surface area contributed by atoms with Gasteiger partial charge in [-0.1, -0.05) is 12.2 Å². The normalized spacial score (nSPS) is 26.9. The van der Waals surface area contributed by atoms with E-state index in [1.807, 2.05) is 0 Å². The number of rotatable bonds is 5. The van der Waals surface area contributed by atoms with Crippen LogP contribution in [0.5, 0.6) is 0 Å². The summed E-state index contributed by atoms with van der Waals surface area (Å²) in [6.07, 6.45) is -3.96. The number of ether oxygens (including phenoxy) is 1. The molecule has 0 bridgehead atoms. The Kier molecular flexibility index (Phi) is 6.83. The minimum Gasteiger partial charge on any atom is -0.544 e. The monoisotopic (exact) mass is 360 g/mol. The first-order valence-electron chi connectivity index (χ1n) is 6.24. The summed E-state index contributed by atoms with van der Waals surface area (Å²) in [6.45, 7) is -0.339. The number of aliphatic carboxylic acids is 1. The van der Waals surface area contributed by atoms with Crippen molar-refractivity contribution in [2.45, 2.75) is 37.5 Å². The maximum absolute atomic E-state index is 12.2. The number of cyclic esters (lactones) is 1. The number of carbonyl (C=O) groups is 3. The van der Waals surface area contributed by atoms with Gasteiger partial charge < -0.3 is 20.0 Å². The fraction of sp³-hybridized carbons (Fsp3) is 0.636. The molecule has 0 saturated carbocycles. The van der Waals surface area contributed by atoms with E-state index in [2.05, 4.69) is 22.3 Å². The number of thiocarbonyl (C=S) groups is 1. The van der Waals surface area contributed by atoms with Crippen LogP contribution in [0.15, 0.2) is 0 Å². The van der Waals surface area contributed by atoms with Gasteiger partial charge in [0.15, 0.2) is 0 Å². The molecule has 1 unspecified atom stereocenters. The number of halogens is 2. The van der Waals surface area contributed by atoms with Gasteiger partial charge in [-0.25, -0.2) is 8.78 Å². The summed E-state index contributed by atoms with van der Waals surface area (Å²) in [5.41, 5.74) is -2.34. The van der Waals surface area contributed by atoms with Gasteiger partial charge >= 0.3 is 35.5 Å². The van der Waals surface area contributed by atoms with Crippen LogP contribution < -0.4 is 40.0 Å². The summed E-state index contributed by atoms with van der Waals surface area (Å²) in [7, 11) is 0. The third-order valence-corrected chi connectivity index (χ3v) is 3.43. The molecule has 2 heterocycles. The zero-order chi connectivity index (χ0) is 16.5. The number of esters is 1. The maximum Gasteiger partial charge on any atom is 1.00 e. The molecule has 0 aliphatic carbocycles. The van der Waals surface area contributed by atoms with Crippen LogP contribution in [0.1, 0.15) is 19.3 Å². The predicted molar refractivity (Wildman–Crippen MR) is 66.0 cm³/mol. The third kappa shape index (κ3) is 4.15. The molecule has 2 saturated heterocycles. The first-order chi connectivity index (χ1) is 10.3. The molecular formula is C11H11F2N2NaO6S. The third-order valence-electron chi connectivity index (χ3n) is 3.14. The van der Waals surface area contributed by atoms with Crippen molar-refractivity contribution in [2.75, 3.05) is 6.61 Å². The van der Waals surface area contributed by atoms with E-state index < -0.39 is 42.5 Å². The summed E-state index contributed by atoms with van der Waals surface area (Å²) in [4.78, 5) is 39.3. The number of nitrogens with zero attached hydrogens (tertiary/aromatic N) is 1. The molecule has 12 heteroatoms. The van der Waals surface area contributed by atoms with Gasteiger partial charge in [0.05, 0.1) is 17.8 Å². The Labute approximate surface area is 156 Å². The summed E-state index contributed by atoms with van der Waals surface area (Å²) in [6, 6.07) is -1.14. The van der Waals surface area contributed by atoms with Crippen molar-refractivity contribution in [2.24, 2.45) is 0 Å². The molecule has 0 aromatic rings. The number of amides is 1. The Hall–Kier alpha value is -0.880. The molecule has 0 aromatic heterocycles. The first kappa shape index (κ1) is 20.2. The van der Waals surface area contributed by atoms with E-state index >= 15 is 0 Å². The van der Waals surface area contributed by atoms with E-state index in [1.165, 1.54) is 0 Å². The van der Waals surface area contributed by atoms with E-state index in [0.717, 1.165) is 0 Å². The molecule has 2 atom stereocenters. The molecule has 2 fully saturated rings. The summed E-state index contributed by atoms with van der Waals surface area (Å²) in [5, 5.41) is 14.0. The average molecular weight is 360 g/mol. The Balaban J connectivity index is 0.00000264. The van der Waals surface area contributed by atoms with Crippen molar-refractivity contribution in [1.29, 1.82) is 0 Å². The molecule has 2 aliphatic rings. The van der Waals surface area contributed by atoms with Crippen molar-refractivity contribution < 1.29 is 67.4 Å². The quantitative estimate of drug-likeness (QED) is 0.297. The van der Waals surface area contributed by atoms with Gasteiger partial charge in [-0.05, 0) is 0 Å². The van der Waals surface area contributed by atoms with Gasteiger partial charge in [0.2, 0.25) is 6.43 Å². The van der Waals surface area contributed by atoms with E-state index in [-0.39, 0.29) is 54.0 Å². The van der Waals surface area contributed by atoms with E-state index in [1.54, 1.807) is 0 Å². The van der Waals surface area contributed by atoms with Crippen LogP contribution in [0.4, 0.5) is 8.78 Å². The van der Waals surface area contributed by atoms with Crippen LogP contribution >= 0.6 is 12.2 Å². The first-order valence-corrected chi connectivity index (χ1v) is 6.65. The van der Waals surface area contributed by atoms with Gasteiger partial charge in [-0.2, -0.15) is 5.06 Å². The average Bonchev–Trinajstić information content (AvgIpc) is 2.94. The second-order valence-electron chi connectivity index (χ2n) is 4.69. The summed E-state index contributed by atoms with van der Waals surface area (Å²) >= 11 is 4.66. The minimum absolute atomic E-state index is 0. The van der Waals surface area contributed by atoms with Crippen molar-refractivity contribution in [1.82, 2.24) is 10.4 Å². The number of alkyl halides is 2. The van der Waals surface area contributed by atoms with Crippen LogP contribution in [0.25, 0.3) is 0 Å². The van der Waals surface area contributed by atoms with Crippen molar-refractivity contribution in [3.63, 3.8) is 0 Å². The van der Waals surface area contributed by atoms with Gasteiger partial charge in [0, 0.05) is 6.42 Å². The van der Waals surface area contributed by atoms with Crippen molar-refractivity contribution >= 4 is 35.1 Å². The standard InChI is InChI=1S/C11H12F2N2O6S.Na/c12-6(13)3-7(22)14-5-4-20-15(9(5)17)11(10(18)19)2-1-8(16)21-11;/h5-6H,1-4H2,(H,14,22)(H,18,19);/q;+1/p-1/t5-,11?;/m0./s1. The Morgan fingerprint density at radius 1 is 1.52 bits per heavy atom. The number of hydroxylamine groups is 2. The Morgan fingerprint density at radius 2 is 2.17 bits per heavy atom. The number of carboxylic acids is 1. The SMILES string of the molecule is O=C1CCC(C(=O)[O-])(N2OC[C@H](NC(=S)CC(F)F)C2=O)O1.[Na+]. The van der Waals surface area contributed by atoms with Crippen LogP contribution in [0, 0.1) is 0 Å². The maximum atomic E-state index is 12.2. The van der Waals surface area contributed by atoms with Crippen LogP contribution in [0.2, 0.25) is 0 Å². The van der Waals surface area contributed by atoms with Crippen molar-refractivity contribution in [3.8, 4) is 0 Å². The van der Waals surface area contributed by atoms with Crippen LogP contribution in [-0.4, -0.2) is 52.7 Å². The largest absolute Gasteiger partial charge is 1.00 e. The number of carboxylic acid groups (broad SMARTS) is 1. The fourth-order valence-electron chi connectivity index (χ4n) is 2.14. The molecule has 0 spiro atoms. The number of hydrogen-bond acceptors (Lipinski definition) is 7. The molecule has 8 nitrogen and oxygen atoms in total. The topological polar surface area (TPSA) is 108 Å². The van der Waals surface area contributed by atoms with Gasteiger partial charge in [0.1, 0.15) is 18.6 Å². The smallest absolute Gasteiger partial charge is 0.544 e. The Morgan fingerprint density at radius 3 is 2.65 bits per heavy atom. The number of carbonyl (C=O) groups excluding carboxylic acids is 3. The van der Waals surface area contributed by atoms with Gasteiger partial charge in [-0.15, -0.1) is 0 Å². The zero-order valence-corrected chi connectivity index (χ0v) is 14.9. The summed E-state index contributed by atoms with van der Waals surface area (Å²) in [5.74, 6) is -3.51. The Bertz CT molecular complexity index is 537. The van der Waals surface area contributed by atoms with E-state index in [0.29, 0.717) is 5.06 Å². The molecular weight excluding hydrogens is 349 g/mol. The second kappa shape index (κ2) is 7.79. The number of nitrogens with one attached hydrogen (secondary N) is 1. The molecule has 23 heavy (non-hydrogen) atoms. The van der Waals surface area contributed by atoms with E-state index in [9.17, 15) is 28.3 Å². The molecule has 0 aromatic carbocycles. The van der Waals surface area contributed by atoms with E-state index in [4.69, 9.17) is 4.84 Å². The molecule has 2 rings (SSSR count). The molecule has 1 N–H and O–H groups in total. The molecule has 122 valence electrons. The summed E-state index contributed by atoms with van der Waals surface area (Å²) < 4.78 is 29.1. The molecule has 1 amide bonds.